The molecule has 0 aliphatic carbocycles. The van der Waals surface area contributed by atoms with Gasteiger partial charge in [-0.05, 0) is 43.7 Å². The molecule has 0 bridgehead atoms. The Bertz CT molecular complexity index is 765. The Morgan fingerprint density at radius 2 is 2.38 bits per heavy atom. The predicted octanol–water partition coefficient (Wildman–Crippen LogP) is 3.22. The molecular weight excluding hydrogens is 322 g/mol. The zero-order valence-electron chi connectivity index (χ0n) is 13.8. The lowest BCUT2D eigenvalue weighted by atomic mass is 9.98. The standard InChI is InChI=1S/C17H21N5OS/c1-13-16(20-17(23-13)15-4-6-24-10-15)9-21-5-2-3-14(7-21)8-22-12-18-11-19-22/h4,6,10-12,14H,2-3,5,7-9H2,1H3. The highest BCUT2D eigenvalue weighted by Gasteiger charge is 2.22. The number of likely N-dealkylation sites (tertiary alicyclic amines) is 1. The number of hydrogen-bond acceptors (Lipinski definition) is 6. The van der Waals surface area contributed by atoms with Crippen LogP contribution in [0, 0.1) is 12.8 Å². The summed E-state index contributed by atoms with van der Waals surface area (Å²) in [6.07, 6.45) is 5.86. The minimum Gasteiger partial charge on any atom is -0.441 e. The van der Waals surface area contributed by atoms with Crippen molar-refractivity contribution in [1.29, 1.82) is 0 Å². The molecule has 1 fully saturated rings. The van der Waals surface area contributed by atoms with Crippen molar-refractivity contribution in [2.45, 2.75) is 32.9 Å². The molecule has 1 unspecified atom stereocenters. The summed E-state index contributed by atoms with van der Waals surface area (Å²) in [5, 5.41) is 8.35. The predicted molar refractivity (Wildman–Crippen MR) is 92.6 cm³/mol. The number of aromatic nitrogens is 4. The van der Waals surface area contributed by atoms with Gasteiger partial charge in [0.05, 0.1) is 5.69 Å². The van der Waals surface area contributed by atoms with Crippen LogP contribution < -0.4 is 0 Å². The fourth-order valence-corrected chi connectivity index (χ4v) is 3.96. The van der Waals surface area contributed by atoms with Crippen LogP contribution >= 0.6 is 11.3 Å². The van der Waals surface area contributed by atoms with E-state index in [9.17, 15) is 0 Å². The summed E-state index contributed by atoms with van der Waals surface area (Å²) in [6.45, 7) is 5.99. The molecule has 0 amide bonds. The van der Waals surface area contributed by atoms with E-state index < -0.39 is 0 Å². The summed E-state index contributed by atoms with van der Waals surface area (Å²) in [4.78, 5) is 11.2. The molecule has 1 aliphatic heterocycles. The van der Waals surface area contributed by atoms with Crippen LogP contribution in [0.2, 0.25) is 0 Å². The van der Waals surface area contributed by atoms with Gasteiger partial charge in [0.2, 0.25) is 5.89 Å². The molecule has 126 valence electrons. The van der Waals surface area contributed by atoms with Crippen molar-refractivity contribution in [2.24, 2.45) is 5.92 Å². The molecular formula is C17H21N5OS. The summed E-state index contributed by atoms with van der Waals surface area (Å²) in [5.41, 5.74) is 2.12. The van der Waals surface area contributed by atoms with Crippen molar-refractivity contribution >= 4 is 11.3 Å². The van der Waals surface area contributed by atoms with Crippen molar-refractivity contribution in [3.63, 3.8) is 0 Å². The molecule has 4 heterocycles. The number of piperidine rings is 1. The zero-order chi connectivity index (χ0) is 16.4. The van der Waals surface area contributed by atoms with Crippen LogP contribution in [0.25, 0.3) is 11.5 Å². The normalized spacial score (nSPS) is 19.0. The summed E-state index contributed by atoms with van der Waals surface area (Å²) in [5.74, 6) is 2.28. The summed E-state index contributed by atoms with van der Waals surface area (Å²) < 4.78 is 7.79. The largest absolute Gasteiger partial charge is 0.441 e. The highest BCUT2D eigenvalue weighted by molar-refractivity contribution is 7.08. The Labute approximate surface area is 145 Å². The van der Waals surface area contributed by atoms with Crippen LogP contribution in [0.4, 0.5) is 0 Å². The van der Waals surface area contributed by atoms with Crippen molar-refractivity contribution in [1.82, 2.24) is 24.6 Å². The van der Waals surface area contributed by atoms with Gasteiger partial charge in [0.25, 0.3) is 0 Å². The second-order valence-corrected chi connectivity index (χ2v) is 7.17. The topological polar surface area (TPSA) is 60.0 Å². The van der Waals surface area contributed by atoms with Gasteiger partial charge in [-0.25, -0.2) is 9.97 Å². The van der Waals surface area contributed by atoms with E-state index in [1.807, 2.05) is 17.0 Å². The quantitative estimate of drug-likeness (QED) is 0.712. The maximum atomic E-state index is 5.86. The smallest absolute Gasteiger partial charge is 0.227 e. The third-order valence-electron chi connectivity index (χ3n) is 4.55. The van der Waals surface area contributed by atoms with Crippen LogP contribution in [0.5, 0.6) is 0 Å². The van der Waals surface area contributed by atoms with Crippen LogP contribution in [0.3, 0.4) is 0 Å². The molecule has 3 aromatic rings. The van der Waals surface area contributed by atoms with Crippen molar-refractivity contribution in [3.05, 3.63) is 40.9 Å². The molecule has 0 N–H and O–H groups in total. The first-order chi connectivity index (χ1) is 11.8. The lowest BCUT2D eigenvalue weighted by Gasteiger charge is -2.32. The molecule has 7 heteroatoms. The monoisotopic (exact) mass is 343 g/mol. The van der Waals surface area contributed by atoms with Gasteiger partial charge in [-0.15, -0.1) is 0 Å². The Morgan fingerprint density at radius 1 is 1.42 bits per heavy atom. The third-order valence-corrected chi connectivity index (χ3v) is 5.23. The van der Waals surface area contributed by atoms with Crippen LogP contribution in [0.15, 0.2) is 33.9 Å². The van der Waals surface area contributed by atoms with Gasteiger partial charge in [-0.3, -0.25) is 9.58 Å². The molecule has 0 radical (unpaired) electrons. The van der Waals surface area contributed by atoms with Crippen LogP contribution in [-0.2, 0) is 13.1 Å². The molecule has 0 saturated carbocycles. The maximum absolute atomic E-state index is 5.86. The van der Waals surface area contributed by atoms with E-state index in [1.165, 1.54) is 12.8 Å². The van der Waals surface area contributed by atoms with E-state index in [4.69, 9.17) is 9.40 Å². The van der Waals surface area contributed by atoms with Gasteiger partial charge in [0, 0.05) is 30.6 Å². The third kappa shape index (κ3) is 3.42. The maximum Gasteiger partial charge on any atom is 0.227 e. The second kappa shape index (κ2) is 6.86. The first-order valence-electron chi connectivity index (χ1n) is 8.31. The molecule has 24 heavy (non-hydrogen) atoms. The SMILES string of the molecule is Cc1oc(-c2ccsc2)nc1CN1CCCC(Cn2cncn2)C1. The molecule has 1 saturated heterocycles. The fraction of sp³-hybridized carbons (Fsp3) is 0.471. The fourth-order valence-electron chi connectivity index (χ4n) is 3.33. The number of thiophene rings is 1. The van der Waals surface area contributed by atoms with Gasteiger partial charge in [0.15, 0.2) is 0 Å². The second-order valence-electron chi connectivity index (χ2n) is 6.39. The van der Waals surface area contributed by atoms with E-state index >= 15 is 0 Å². The van der Waals surface area contributed by atoms with Gasteiger partial charge >= 0.3 is 0 Å². The minimum atomic E-state index is 0.615. The number of hydrogen-bond donors (Lipinski definition) is 0. The average Bonchev–Trinajstić information content (AvgIpc) is 3.31. The van der Waals surface area contributed by atoms with E-state index in [0.717, 1.165) is 49.1 Å². The average molecular weight is 343 g/mol. The Morgan fingerprint density at radius 3 is 3.17 bits per heavy atom. The number of rotatable bonds is 5. The van der Waals surface area contributed by atoms with E-state index in [2.05, 4.69) is 26.4 Å². The van der Waals surface area contributed by atoms with Gasteiger partial charge in [-0.1, -0.05) is 0 Å². The highest BCUT2D eigenvalue weighted by Crippen LogP contribution is 2.26. The summed E-state index contributed by atoms with van der Waals surface area (Å²) in [6, 6.07) is 2.05. The minimum absolute atomic E-state index is 0.615. The molecule has 3 aromatic heterocycles. The highest BCUT2D eigenvalue weighted by atomic mass is 32.1. The molecule has 1 atom stereocenters. The lowest BCUT2D eigenvalue weighted by molar-refractivity contribution is 0.151. The van der Waals surface area contributed by atoms with Gasteiger partial charge in [-0.2, -0.15) is 16.4 Å². The number of aryl methyl sites for hydroxylation is 1. The Hall–Kier alpha value is -1.99. The van der Waals surface area contributed by atoms with E-state index in [0.29, 0.717) is 5.92 Å². The van der Waals surface area contributed by atoms with Gasteiger partial charge < -0.3 is 4.42 Å². The first kappa shape index (κ1) is 15.5. The molecule has 0 spiro atoms. The Balaban J connectivity index is 1.41. The van der Waals surface area contributed by atoms with Crippen LogP contribution in [-0.4, -0.2) is 37.7 Å². The lowest BCUT2D eigenvalue weighted by Crippen LogP contribution is -2.36. The summed E-state index contributed by atoms with van der Waals surface area (Å²) >= 11 is 1.66. The van der Waals surface area contributed by atoms with Gasteiger partial charge in [0.1, 0.15) is 18.4 Å². The molecule has 1 aliphatic rings. The van der Waals surface area contributed by atoms with Crippen molar-refractivity contribution < 1.29 is 4.42 Å². The van der Waals surface area contributed by atoms with Crippen LogP contribution in [0.1, 0.15) is 24.3 Å². The molecule has 0 aromatic carbocycles. The Kier molecular flexibility index (Phi) is 4.44. The van der Waals surface area contributed by atoms with E-state index in [1.54, 1.807) is 24.0 Å². The molecule has 6 nitrogen and oxygen atoms in total. The van der Waals surface area contributed by atoms with Crippen molar-refractivity contribution in [2.75, 3.05) is 13.1 Å². The first-order valence-corrected chi connectivity index (χ1v) is 9.26. The van der Waals surface area contributed by atoms with E-state index in [-0.39, 0.29) is 0 Å². The molecule has 4 rings (SSSR count). The summed E-state index contributed by atoms with van der Waals surface area (Å²) in [7, 11) is 0. The number of oxazole rings is 1. The zero-order valence-corrected chi connectivity index (χ0v) is 14.6. The number of nitrogens with zero attached hydrogens (tertiary/aromatic N) is 5. The van der Waals surface area contributed by atoms with Crippen molar-refractivity contribution in [3.8, 4) is 11.5 Å².